The quantitative estimate of drug-likeness (QED) is 0.657. The van der Waals surface area contributed by atoms with Gasteiger partial charge in [-0.2, -0.15) is 0 Å². The molecule has 2 rings (SSSR count). The largest absolute Gasteiger partial charge is 0.496 e. The van der Waals surface area contributed by atoms with Crippen LogP contribution in [0.5, 0.6) is 11.5 Å². The van der Waals surface area contributed by atoms with Crippen molar-refractivity contribution in [3.8, 4) is 11.5 Å². The van der Waals surface area contributed by atoms with Gasteiger partial charge in [0.1, 0.15) is 23.1 Å². The van der Waals surface area contributed by atoms with Crippen molar-refractivity contribution < 1.29 is 18.3 Å². The molecule has 1 atom stereocenters. The van der Waals surface area contributed by atoms with Gasteiger partial charge in [0.05, 0.1) is 25.8 Å². The van der Waals surface area contributed by atoms with Crippen LogP contribution in [0.4, 0.5) is 8.78 Å². The number of hydrogen-bond acceptors (Lipinski definition) is 4. The summed E-state index contributed by atoms with van der Waals surface area (Å²) in [7, 11) is 2.99. The van der Waals surface area contributed by atoms with Crippen molar-refractivity contribution in [2.75, 3.05) is 14.2 Å². The molecule has 0 saturated carbocycles. The normalized spacial score (nSPS) is 12.0. The average Bonchev–Trinajstić information content (AvgIpc) is 2.49. The zero-order valence-electron chi connectivity index (χ0n) is 11.7. The van der Waals surface area contributed by atoms with Crippen LogP contribution < -0.4 is 20.7 Å². The number of methoxy groups -OCH3 is 2. The smallest absolute Gasteiger partial charge is 0.131 e. The van der Waals surface area contributed by atoms with E-state index in [0.717, 1.165) is 6.07 Å². The first-order valence-corrected chi connectivity index (χ1v) is 6.24. The Bertz CT molecular complexity index is 613. The molecular formula is C15H16F2N2O2. The molecule has 0 amide bonds. The fourth-order valence-electron chi connectivity index (χ4n) is 2.23. The summed E-state index contributed by atoms with van der Waals surface area (Å²) in [5.74, 6) is 5.19. The Morgan fingerprint density at radius 1 is 1.05 bits per heavy atom. The maximum atomic E-state index is 14.0. The van der Waals surface area contributed by atoms with E-state index in [1.54, 1.807) is 18.2 Å². The van der Waals surface area contributed by atoms with Crippen molar-refractivity contribution in [3.05, 3.63) is 59.2 Å². The molecule has 1 unspecified atom stereocenters. The molecule has 21 heavy (non-hydrogen) atoms. The molecule has 0 aliphatic heterocycles. The van der Waals surface area contributed by atoms with E-state index in [1.165, 1.54) is 26.4 Å². The number of halogens is 2. The van der Waals surface area contributed by atoms with E-state index in [2.05, 4.69) is 5.43 Å². The van der Waals surface area contributed by atoms with Gasteiger partial charge in [0.2, 0.25) is 0 Å². The highest BCUT2D eigenvalue weighted by atomic mass is 19.1. The van der Waals surface area contributed by atoms with Crippen LogP contribution >= 0.6 is 0 Å². The number of nitrogens with two attached hydrogens (primary N) is 1. The highest BCUT2D eigenvalue weighted by Crippen LogP contribution is 2.37. The van der Waals surface area contributed by atoms with Crippen LogP contribution in [0.2, 0.25) is 0 Å². The zero-order chi connectivity index (χ0) is 15.4. The summed E-state index contributed by atoms with van der Waals surface area (Å²) < 4.78 is 37.7. The Morgan fingerprint density at radius 3 is 2.14 bits per heavy atom. The molecule has 0 spiro atoms. The van der Waals surface area contributed by atoms with E-state index in [9.17, 15) is 8.78 Å². The second-order valence-corrected chi connectivity index (χ2v) is 4.34. The van der Waals surface area contributed by atoms with E-state index in [1.807, 2.05) is 0 Å². The van der Waals surface area contributed by atoms with Gasteiger partial charge < -0.3 is 9.47 Å². The van der Waals surface area contributed by atoms with E-state index in [-0.39, 0.29) is 5.56 Å². The third kappa shape index (κ3) is 2.96. The second kappa shape index (κ2) is 6.51. The lowest BCUT2D eigenvalue weighted by Crippen LogP contribution is -2.30. The molecule has 2 aromatic rings. The summed E-state index contributed by atoms with van der Waals surface area (Å²) in [6.07, 6.45) is 0. The average molecular weight is 294 g/mol. The summed E-state index contributed by atoms with van der Waals surface area (Å²) in [5.41, 5.74) is 3.26. The third-order valence-electron chi connectivity index (χ3n) is 3.19. The van der Waals surface area contributed by atoms with Crippen molar-refractivity contribution >= 4 is 0 Å². The number of hydrazine groups is 1. The van der Waals surface area contributed by atoms with E-state index in [4.69, 9.17) is 15.3 Å². The van der Waals surface area contributed by atoms with Crippen LogP contribution in [-0.2, 0) is 0 Å². The molecule has 0 fully saturated rings. The highest BCUT2D eigenvalue weighted by molar-refractivity contribution is 5.50. The first kappa shape index (κ1) is 15.2. The number of ether oxygens (including phenoxy) is 2. The fraction of sp³-hybridized carbons (Fsp3) is 0.200. The Balaban J connectivity index is 2.61. The van der Waals surface area contributed by atoms with E-state index < -0.39 is 17.7 Å². The van der Waals surface area contributed by atoms with Crippen LogP contribution in [0.25, 0.3) is 0 Å². The standard InChI is InChI=1S/C15H16F2N2O2/c1-20-12-4-3-5-13(21-2)14(12)15(19-18)10-7-6-9(16)8-11(10)17/h3-8,15,19H,18H2,1-2H3. The van der Waals surface area contributed by atoms with Crippen molar-refractivity contribution in [2.24, 2.45) is 5.84 Å². The lowest BCUT2D eigenvalue weighted by molar-refractivity contribution is 0.376. The molecule has 0 bridgehead atoms. The van der Waals surface area contributed by atoms with Gasteiger partial charge in [0, 0.05) is 11.6 Å². The number of rotatable bonds is 5. The minimum atomic E-state index is -0.739. The van der Waals surface area contributed by atoms with Gasteiger partial charge >= 0.3 is 0 Å². The van der Waals surface area contributed by atoms with Crippen molar-refractivity contribution in [1.82, 2.24) is 5.43 Å². The molecule has 0 aromatic heterocycles. The third-order valence-corrected chi connectivity index (χ3v) is 3.19. The molecule has 2 aromatic carbocycles. The molecule has 0 heterocycles. The first-order chi connectivity index (χ1) is 10.1. The van der Waals surface area contributed by atoms with Crippen molar-refractivity contribution in [1.29, 1.82) is 0 Å². The van der Waals surface area contributed by atoms with Crippen LogP contribution in [0.1, 0.15) is 17.2 Å². The topological polar surface area (TPSA) is 56.5 Å². The summed E-state index contributed by atoms with van der Waals surface area (Å²) in [5, 5.41) is 0. The Hall–Kier alpha value is -2.18. The lowest BCUT2D eigenvalue weighted by atomic mass is 9.97. The molecule has 112 valence electrons. The zero-order valence-corrected chi connectivity index (χ0v) is 11.7. The molecular weight excluding hydrogens is 278 g/mol. The van der Waals surface area contributed by atoms with E-state index in [0.29, 0.717) is 17.1 Å². The van der Waals surface area contributed by atoms with Crippen LogP contribution in [-0.4, -0.2) is 14.2 Å². The molecule has 0 aliphatic carbocycles. The Morgan fingerprint density at radius 2 is 1.67 bits per heavy atom. The molecule has 6 heteroatoms. The van der Waals surface area contributed by atoms with Gasteiger partial charge in [0.25, 0.3) is 0 Å². The van der Waals surface area contributed by atoms with E-state index >= 15 is 0 Å². The molecule has 0 saturated heterocycles. The second-order valence-electron chi connectivity index (χ2n) is 4.34. The first-order valence-electron chi connectivity index (χ1n) is 6.24. The van der Waals surface area contributed by atoms with Gasteiger partial charge in [-0.1, -0.05) is 12.1 Å². The van der Waals surface area contributed by atoms with Gasteiger partial charge in [0.15, 0.2) is 0 Å². The summed E-state index contributed by atoms with van der Waals surface area (Å²) >= 11 is 0. The summed E-state index contributed by atoms with van der Waals surface area (Å²) in [6.45, 7) is 0. The van der Waals surface area contributed by atoms with Crippen molar-refractivity contribution in [3.63, 3.8) is 0 Å². The van der Waals surface area contributed by atoms with Crippen LogP contribution in [0.3, 0.4) is 0 Å². The number of hydrogen-bond donors (Lipinski definition) is 2. The number of nitrogens with one attached hydrogen (secondary N) is 1. The lowest BCUT2D eigenvalue weighted by Gasteiger charge is -2.22. The molecule has 3 N–H and O–H groups in total. The minimum absolute atomic E-state index is 0.196. The van der Waals surface area contributed by atoms with Crippen molar-refractivity contribution in [2.45, 2.75) is 6.04 Å². The Labute approximate surface area is 121 Å². The molecule has 4 nitrogen and oxygen atoms in total. The summed E-state index contributed by atoms with van der Waals surface area (Å²) in [4.78, 5) is 0. The SMILES string of the molecule is COc1cccc(OC)c1C(NN)c1ccc(F)cc1F. The highest BCUT2D eigenvalue weighted by Gasteiger charge is 2.24. The van der Waals surface area contributed by atoms with Gasteiger partial charge in [-0.15, -0.1) is 0 Å². The molecule has 0 aliphatic rings. The van der Waals surface area contributed by atoms with Gasteiger partial charge in [-0.05, 0) is 18.2 Å². The monoisotopic (exact) mass is 294 g/mol. The predicted molar refractivity (Wildman–Crippen MR) is 75.1 cm³/mol. The maximum absolute atomic E-state index is 14.0. The van der Waals surface area contributed by atoms with Crippen LogP contribution in [0.15, 0.2) is 36.4 Å². The minimum Gasteiger partial charge on any atom is -0.496 e. The van der Waals surface area contributed by atoms with Crippen LogP contribution in [0, 0.1) is 11.6 Å². The number of benzene rings is 2. The Kier molecular flexibility index (Phi) is 4.72. The summed E-state index contributed by atoms with van der Waals surface area (Å²) in [6, 6.07) is 7.74. The van der Waals surface area contributed by atoms with Gasteiger partial charge in [-0.3, -0.25) is 5.84 Å². The van der Waals surface area contributed by atoms with Gasteiger partial charge in [-0.25, -0.2) is 14.2 Å². The predicted octanol–water partition coefficient (Wildman–Crippen LogP) is 2.53. The molecule has 0 radical (unpaired) electrons. The maximum Gasteiger partial charge on any atom is 0.131 e. The fourth-order valence-corrected chi connectivity index (χ4v) is 2.23.